The van der Waals surface area contributed by atoms with E-state index in [4.69, 9.17) is 0 Å². The Balaban J connectivity index is 2.31. The summed E-state index contributed by atoms with van der Waals surface area (Å²) in [5.74, 6) is -0.255. The number of benzene rings is 2. The van der Waals surface area contributed by atoms with E-state index in [0.29, 0.717) is 6.54 Å². The standard InChI is InChI=1S/C19H24N2O2/c1-19(23,16-12-8-5-9-13-16)17(14-20-18(22)21(2)3)15-10-6-4-7-11-15/h4-13,17,23H,14H2,1-3H3,(H,20,22). The molecule has 2 rings (SSSR count). The van der Waals surface area contributed by atoms with Crippen LogP contribution in [0.4, 0.5) is 4.79 Å². The molecule has 0 radical (unpaired) electrons. The van der Waals surface area contributed by atoms with E-state index in [1.165, 1.54) is 4.90 Å². The Bertz CT molecular complexity index is 624. The minimum Gasteiger partial charge on any atom is -0.385 e. The minimum atomic E-state index is -1.10. The smallest absolute Gasteiger partial charge is 0.316 e. The lowest BCUT2D eigenvalue weighted by molar-refractivity contribution is 0.0269. The van der Waals surface area contributed by atoms with E-state index in [-0.39, 0.29) is 11.9 Å². The number of hydrogen-bond donors (Lipinski definition) is 2. The van der Waals surface area contributed by atoms with Gasteiger partial charge in [0.25, 0.3) is 0 Å². The van der Waals surface area contributed by atoms with Gasteiger partial charge in [-0.1, -0.05) is 60.7 Å². The van der Waals surface area contributed by atoms with Crippen molar-refractivity contribution in [3.05, 3.63) is 71.8 Å². The molecule has 0 bridgehead atoms. The van der Waals surface area contributed by atoms with Gasteiger partial charge >= 0.3 is 6.03 Å². The fourth-order valence-corrected chi connectivity index (χ4v) is 2.65. The predicted molar refractivity (Wildman–Crippen MR) is 92.3 cm³/mol. The molecule has 0 aliphatic carbocycles. The van der Waals surface area contributed by atoms with Gasteiger partial charge in [0.1, 0.15) is 0 Å². The molecule has 2 amide bonds. The van der Waals surface area contributed by atoms with E-state index in [1.54, 1.807) is 21.0 Å². The van der Waals surface area contributed by atoms with Crippen molar-refractivity contribution in [3.63, 3.8) is 0 Å². The fourth-order valence-electron chi connectivity index (χ4n) is 2.65. The SMILES string of the molecule is CN(C)C(=O)NCC(c1ccccc1)C(C)(O)c1ccccc1. The summed E-state index contributed by atoms with van der Waals surface area (Å²) in [6, 6.07) is 19.2. The van der Waals surface area contributed by atoms with Gasteiger partial charge in [-0.25, -0.2) is 4.79 Å². The Morgan fingerprint density at radius 1 is 1.09 bits per heavy atom. The molecular formula is C19H24N2O2. The summed E-state index contributed by atoms with van der Waals surface area (Å²) in [5.41, 5.74) is 0.718. The third-order valence-corrected chi connectivity index (χ3v) is 4.10. The van der Waals surface area contributed by atoms with Crippen LogP contribution in [0.25, 0.3) is 0 Å². The topological polar surface area (TPSA) is 52.6 Å². The average Bonchev–Trinajstić information content (AvgIpc) is 2.56. The summed E-state index contributed by atoms with van der Waals surface area (Å²) >= 11 is 0. The molecule has 4 nitrogen and oxygen atoms in total. The maximum absolute atomic E-state index is 11.9. The van der Waals surface area contributed by atoms with Gasteiger partial charge in [0.15, 0.2) is 0 Å². The van der Waals surface area contributed by atoms with E-state index >= 15 is 0 Å². The van der Waals surface area contributed by atoms with Gasteiger partial charge in [0, 0.05) is 26.6 Å². The highest BCUT2D eigenvalue weighted by Gasteiger charge is 2.35. The molecule has 0 aromatic heterocycles. The first-order valence-corrected chi connectivity index (χ1v) is 7.71. The monoisotopic (exact) mass is 312 g/mol. The van der Waals surface area contributed by atoms with E-state index in [1.807, 2.05) is 60.7 Å². The Kier molecular flexibility index (Phi) is 5.40. The number of carbonyl (C=O) groups is 1. The molecule has 0 aliphatic rings. The summed E-state index contributed by atoms with van der Waals surface area (Å²) < 4.78 is 0. The molecule has 2 N–H and O–H groups in total. The summed E-state index contributed by atoms with van der Waals surface area (Å²) in [6.07, 6.45) is 0. The van der Waals surface area contributed by atoms with Crippen LogP contribution in [0.1, 0.15) is 24.0 Å². The van der Waals surface area contributed by atoms with Gasteiger partial charge < -0.3 is 15.3 Å². The van der Waals surface area contributed by atoms with Crippen LogP contribution in [0.2, 0.25) is 0 Å². The van der Waals surface area contributed by atoms with Crippen LogP contribution in [-0.2, 0) is 5.60 Å². The van der Waals surface area contributed by atoms with Crippen LogP contribution in [-0.4, -0.2) is 36.7 Å². The molecule has 2 unspecified atom stereocenters. The maximum atomic E-state index is 11.9. The number of urea groups is 1. The van der Waals surface area contributed by atoms with Crippen LogP contribution in [0, 0.1) is 0 Å². The second kappa shape index (κ2) is 7.29. The molecule has 0 saturated carbocycles. The minimum absolute atomic E-state index is 0.171. The first-order chi connectivity index (χ1) is 10.9. The zero-order valence-corrected chi connectivity index (χ0v) is 13.9. The summed E-state index contributed by atoms with van der Waals surface area (Å²) in [7, 11) is 3.39. The number of hydrogen-bond acceptors (Lipinski definition) is 2. The van der Waals surface area contributed by atoms with Crippen LogP contribution in [0.15, 0.2) is 60.7 Å². The molecule has 0 saturated heterocycles. The number of carbonyl (C=O) groups excluding carboxylic acids is 1. The first-order valence-electron chi connectivity index (χ1n) is 7.71. The number of amides is 2. The number of rotatable bonds is 5. The van der Waals surface area contributed by atoms with E-state index < -0.39 is 5.60 Å². The lowest BCUT2D eigenvalue weighted by Crippen LogP contribution is -2.42. The third-order valence-electron chi connectivity index (χ3n) is 4.10. The summed E-state index contributed by atoms with van der Waals surface area (Å²) in [6.45, 7) is 2.14. The Hall–Kier alpha value is -2.33. The van der Waals surface area contributed by atoms with Gasteiger partial charge in [-0.05, 0) is 18.1 Å². The van der Waals surface area contributed by atoms with Crippen molar-refractivity contribution in [2.24, 2.45) is 0 Å². The van der Waals surface area contributed by atoms with Gasteiger partial charge in [-0.15, -0.1) is 0 Å². The van der Waals surface area contributed by atoms with Crippen LogP contribution in [0.5, 0.6) is 0 Å². The van der Waals surface area contributed by atoms with Crippen LogP contribution >= 0.6 is 0 Å². The van der Waals surface area contributed by atoms with Crippen molar-refractivity contribution in [1.29, 1.82) is 0 Å². The van der Waals surface area contributed by atoms with E-state index in [9.17, 15) is 9.90 Å². The maximum Gasteiger partial charge on any atom is 0.316 e. The highest BCUT2D eigenvalue weighted by atomic mass is 16.3. The zero-order valence-electron chi connectivity index (χ0n) is 13.9. The number of nitrogens with zero attached hydrogens (tertiary/aromatic N) is 1. The van der Waals surface area contributed by atoms with Crippen molar-refractivity contribution in [1.82, 2.24) is 10.2 Å². The third kappa shape index (κ3) is 4.11. The molecular weight excluding hydrogens is 288 g/mol. The van der Waals surface area contributed by atoms with E-state index in [2.05, 4.69) is 5.32 Å². The highest BCUT2D eigenvalue weighted by molar-refractivity contribution is 5.73. The van der Waals surface area contributed by atoms with Gasteiger partial charge in [-0.2, -0.15) is 0 Å². The molecule has 2 atom stereocenters. The second-order valence-corrected chi connectivity index (χ2v) is 6.06. The normalized spacial score (nSPS) is 14.6. The fraction of sp³-hybridized carbons (Fsp3) is 0.316. The van der Waals surface area contributed by atoms with Crippen molar-refractivity contribution in [2.45, 2.75) is 18.4 Å². The molecule has 2 aromatic carbocycles. The number of nitrogens with one attached hydrogen (secondary N) is 1. The molecule has 4 heteroatoms. The summed E-state index contributed by atoms with van der Waals surface area (Å²) in [4.78, 5) is 13.4. The lowest BCUT2D eigenvalue weighted by atomic mass is 9.78. The van der Waals surface area contributed by atoms with Crippen molar-refractivity contribution in [2.75, 3.05) is 20.6 Å². The Morgan fingerprint density at radius 2 is 1.61 bits per heavy atom. The number of aliphatic hydroxyl groups is 1. The Labute approximate surface area is 137 Å². The molecule has 0 heterocycles. The van der Waals surface area contributed by atoms with Crippen molar-refractivity contribution < 1.29 is 9.90 Å². The van der Waals surface area contributed by atoms with Crippen LogP contribution in [0.3, 0.4) is 0 Å². The van der Waals surface area contributed by atoms with Crippen LogP contribution < -0.4 is 5.32 Å². The molecule has 23 heavy (non-hydrogen) atoms. The van der Waals surface area contributed by atoms with Crippen molar-refractivity contribution in [3.8, 4) is 0 Å². The second-order valence-electron chi connectivity index (χ2n) is 6.06. The van der Waals surface area contributed by atoms with Gasteiger partial charge in [0.2, 0.25) is 0 Å². The van der Waals surface area contributed by atoms with Crippen molar-refractivity contribution >= 4 is 6.03 Å². The average molecular weight is 312 g/mol. The zero-order chi connectivity index (χ0) is 16.9. The largest absolute Gasteiger partial charge is 0.385 e. The molecule has 2 aromatic rings. The Morgan fingerprint density at radius 3 is 2.13 bits per heavy atom. The predicted octanol–water partition coefficient (Wildman–Crippen LogP) is 2.95. The van der Waals surface area contributed by atoms with Gasteiger partial charge in [0.05, 0.1) is 5.60 Å². The quantitative estimate of drug-likeness (QED) is 0.892. The van der Waals surface area contributed by atoms with E-state index in [0.717, 1.165) is 11.1 Å². The molecule has 122 valence electrons. The molecule has 0 aliphatic heterocycles. The molecule has 0 fully saturated rings. The lowest BCUT2D eigenvalue weighted by Gasteiger charge is -2.34. The summed E-state index contributed by atoms with van der Waals surface area (Å²) in [5, 5.41) is 14.1. The van der Waals surface area contributed by atoms with Gasteiger partial charge in [-0.3, -0.25) is 0 Å². The molecule has 0 spiro atoms. The first kappa shape index (κ1) is 17.0. The highest BCUT2D eigenvalue weighted by Crippen LogP contribution is 2.36.